The first-order valence-electron chi connectivity index (χ1n) is 3.74. The fraction of sp³-hybridized carbons (Fsp3) is 1.00. The van der Waals surface area contributed by atoms with Crippen molar-refractivity contribution in [2.45, 2.75) is 38.1 Å². The molecule has 0 unspecified atom stereocenters. The Balaban J connectivity index is 2.10. The van der Waals surface area contributed by atoms with E-state index in [1.54, 1.807) is 0 Å². The van der Waals surface area contributed by atoms with Gasteiger partial charge in [-0.3, -0.25) is 0 Å². The van der Waals surface area contributed by atoms with E-state index in [4.69, 9.17) is 14.2 Å². The maximum absolute atomic E-state index is 9.20. The molecule has 2 saturated heterocycles. The van der Waals surface area contributed by atoms with E-state index in [-0.39, 0.29) is 12.2 Å². The van der Waals surface area contributed by atoms with Crippen LogP contribution in [0.2, 0.25) is 0 Å². The molecule has 4 heteroatoms. The third-order valence-electron chi connectivity index (χ3n) is 1.93. The number of fused-ring (bicyclic) bond motifs is 1. The standard InChI is InChI=1S/C7H12O4/c1-7(2)10-4-3-9-6(8)5(4)11-7/h4-6,8H,3H2,1-2H3/t4-,5+,6+/m0/s1. The van der Waals surface area contributed by atoms with Gasteiger partial charge in [-0.2, -0.15) is 0 Å². The van der Waals surface area contributed by atoms with Gasteiger partial charge in [0, 0.05) is 0 Å². The second-order valence-electron chi connectivity index (χ2n) is 3.36. The zero-order valence-corrected chi connectivity index (χ0v) is 6.61. The molecular formula is C7H12O4. The molecule has 3 atom stereocenters. The molecule has 2 aliphatic rings. The number of ether oxygens (including phenoxy) is 3. The molecule has 2 heterocycles. The van der Waals surface area contributed by atoms with Crippen LogP contribution in [-0.2, 0) is 14.2 Å². The van der Waals surface area contributed by atoms with E-state index in [9.17, 15) is 5.11 Å². The van der Waals surface area contributed by atoms with Crippen molar-refractivity contribution in [3.8, 4) is 0 Å². The smallest absolute Gasteiger partial charge is 0.184 e. The van der Waals surface area contributed by atoms with E-state index < -0.39 is 12.1 Å². The lowest BCUT2D eigenvalue weighted by Crippen LogP contribution is -2.29. The summed E-state index contributed by atoms with van der Waals surface area (Å²) in [6.07, 6.45) is -1.22. The second-order valence-corrected chi connectivity index (χ2v) is 3.36. The van der Waals surface area contributed by atoms with Gasteiger partial charge in [-0.05, 0) is 13.8 Å². The van der Waals surface area contributed by atoms with Crippen molar-refractivity contribution >= 4 is 0 Å². The Morgan fingerprint density at radius 3 is 2.73 bits per heavy atom. The molecular weight excluding hydrogens is 148 g/mol. The topological polar surface area (TPSA) is 47.9 Å². The SMILES string of the molecule is CC1(C)O[C@H]2[C@H](O)OC[C@@H]2O1. The van der Waals surface area contributed by atoms with Crippen molar-refractivity contribution in [2.24, 2.45) is 0 Å². The molecule has 2 fully saturated rings. The Kier molecular flexibility index (Phi) is 1.47. The van der Waals surface area contributed by atoms with Gasteiger partial charge in [-0.15, -0.1) is 0 Å². The average Bonchev–Trinajstić information content (AvgIpc) is 2.31. The van der Waals surface area contributed by atoms with Crippen LogP contribution in [0.1, 0.15) is 13.8 Å². The molecule has 11 heavy (non-hydrogen) atoms. The van der Waals surface area contributed by atoms with Crippen LogP contribution in [0.5, 0.6) is 0 Å². The molecule has 4 nitrogen and oxygen atoms in total. The summed E-state index contributed by atoms with van der Waals surface area (Å²) in [7, 11) is 0. The highest BCUT2D eigenvalue weighted by Gasteiger charge is 2.49. The number of hydrogen-bond donors (Lipinski definition) is 1. The Hall–Kier alpha value is -0.160. The van der Waals surface area contributed by atoms with Gasteiger partial charge < -0.3 is 19.3 Å². The Morgan fingerprint density at radius 1 is 1.36 bits per heavy atom. The van der Waals surface area contributed by atoms with Crippen LogP contribution in [0.3, 0.4) is 0 Å². The summed E-state index contributed by atoms with van der Waals surface area (Å²) in [5.74, 6) is -0.569. The molecule has 0 bridgehead atoms. The lowest BCUT2D eigenvalue weighted by molar-refractivity contribution is -0.205. The minimum atomic E-state index is -0.818. The summed E-state index contributed by atoms with van der Waals surface area (Å²) in [4.78, 5) is 0. The molecule has 0 saturated carbocycles. The van der Waals surface area contributed by atoms with Gasteiger partial charge in [0.25, 0.3) is 0 Å². The van der Waals surface area contributed by atoms with Gasteiger partial charge in [0.15, 0.2) is 12.1 Å². The molecule has 0 aromatic carbocycles. The first kappa shape index (κ1) is 7.49. The summed E-state index contributed by atoms with van der Waals surface area (Å²) >= 11 is 0. The molecule has 0 amide bonds. The van der Waals surface area contributed by atoms with Crippen LogP contribution in [-0.4, -0.2) is 36.0 Å². The number of aliphatic hydroxyl groups is 1. The highest BCUT2D eigenvalue weighted by Crippen LogP contribution is 2.33. The van der Waals surface area contributed by atoms with E-state index in [1.165, 1.54) is 0 Å². The maximum atomic E-state index is 9.20. The van der Waals surface area contributed by atoms with Crippen molar-refractivity contribution < 1.29 is 19.3 Å². The van der Waals surface area contributed by atoms with Gasteiger partial charge in [0.2, 0.25) is 0 Å². The van der Waals surface area contributed by atoms with Crippen molar-refractivity contribution in [3.63, 3.8) is 0 Å². The van der Waals surface area contributed by atoms with Crippen LogP contribution in [0.4, 0.5) is 0 Å². The van der Waals surface area contributed by atoms with Crippen LogP contribution < -0.4 is 0 Å². The van der Waals surface area contributed by atoms with Crippen LogP contribution >= 0.6 is 0 Å². The second kappa shape index (κ2) is 2.17. The quantitative estimate of drug-likeness (QED) is 0.535. The summed E-state index contributed by atoms with van der Waals surface area (Å²) in [5.41, 5.74) is 0. The molecule has 2 aliphatic heterocycles. The third kappa shape index (κ3) is 1.16. The molecule has 2 rings (SSSR count). The molecule has 64 valence electrons. The van der Waals surface area contributed by atoms with Gasteiger partial charge in [-0.25, -0.2) is 0 Å². The van der Waals surface area contributed by atoms with Crippen LogP contribution in [0.15, 0.2) is 0 Å². The first-order valence-corrected chi connectivity index (χ1v) is 3.74. The first-order chi connectivity index (χ1) is 5.08. The summed E-state index contributed by atoms with van der Waals surface area (Å²) in [5, 5.41) is 9.20. The van der Waals surface area contributed by atoms with Crippen molar-refractivity contribution in [1.29, 1.82) is 0 Å². The minimum Gasteiger partial charge on any atom is -0.366 e. The molecule has 0 aromatic rings. The Bertz CT molecular complexity index is 168. The summed E-state index contributed by atoms with van der Waals surface area (Å²) in [6, 6.07) is 0. The van der Waals surface area contributed by atoms with E-state index in [2.05, 4.69) is 0 Å². The normalized spacial score (nSPS) is 47.7. The summed E-state index contributed by atoms with van der Waals surface area (Å²) in [6.45, 7) is 4.09. The lowest BCUT2D eigenvalue weighted by Gasteiger charge is -2.19. The molecule has 1 N–H and O–H groups in total. The monoisotopic (exact) mass is 160 g/mol. The van der Waals surface area contributed by atoms with Gasteiger partial charge >= 0.3 is 0 Å². The van der Waals surface area contributed by atoms with E-state index >= 15 is 0 Å². The van der Waals surface area contributed by atoms with E-state index in [0.29, 0.717) is 6.61 Å². The van der Waals surface area contributed by atoms with Crippen molar-refractivity contribution in [2.75, 3.05) is 6.61 Å². The number of aliphatic hydroxyl groups excluding tert-OH is 1. The number of rotatable bonds is 0. The molecule has 0 aliphatic carbocycles. The maximum Gasteiger partial charge on any atom is 0.184 e. The lowest BCUT2D eigenvalue weighted by atomic mass is 10.2. The predicted molar refractivity (Wildman–Crippen MR) is 35.8 cm³/mol. The zero-order chi connectivity index (χ0) is 8.06. The fourth-order valence-corrected chi connectivity index (χ4v) is 1.52. The van der Waals surface area contributed by atoms with E-state index in [0.717, 1.165) is 0 Å². The largest absolute Gasteiger partial charge is 0.366 e. The average molecular weight is 160 g/mol. The molecule has 0 aromatic heterocycles. The van der Waals surface area contributed by atoms with Crippen molar-refractivity contribution in [1.82, 2.24) is 0 Å². The van der Waals surface area contributed by atoms with Gasteiger partial charge in [0.1, 0.15) is 12.2 Å². The van der Waals surface area contributed by atoms with Crippen LogP contribution in [0, 0.1) is 0 Å². The predicted octanol–water partition coefficient (Wildman–Crippen LogP) is -0.145. The minimum absolute atomic E-state index is 0.0972. The van der Waals surface area contributed by atoms with Crippen LogP contribution in [0.25, 0.3) is 0 Å². The highest BCUT2D eigenvalue weighted by molar-refractivity contribution is 4.87. The Labute approximate surface area is 65.1 Å². The molecule has 0 radical (unpaired) electrons. The number of hydrogen-bond acceptors (Lipinski definition) is 4. The van der Waals surface area contributed by atoms with Gasteiger partial charge in [-0.1, -0.05) is 0 Å². The highest BCUT2D eigenvalue weighted by atomic mass is 16.8. The van der Waals surface area contributed by atoms with E-state index in [1.807, 2.05) is 13.8 Å². The van der Waals surface area contributed by atoms with Gasteiger partial charge in [0.05, 0.1) is 6.61 Å². The Morgan fingerprint density at radius 2 is 2.09 bits per heavy atom. The fourth-order valence-electron chi connectivity index (χ4n) is 1.52. The third-order valence-corrected chi connectivity index (χ3v) is 1.93. The molecule has 0 spiro atoms. The van der Waals surface area contributed by atoms with Crippen molar-refractivity contribution in [3.05, 3.63) is 0 Å². The zero-order valence-electron chi connectivity index (χ0n) is 6.61. The summed E-state index contributed by atoms with van der Waals surface area (Å²) < 4.78 is 15.7.